The minimum absolute atomic E-state index is 0.0705. The highest BCUT2D eigenvalue weighted by Crippen LogP contribution is 2.24. The average Bonchev–Trinajstić information content (AvgIpc) is 2.72. The fourth-order valence-corrected chi connectivity index (χ4v) is 3.71. The molecule has 6 nitrogen and oxygen atoms in total. The van der Waals surface area contributed by atoms with Crippen molar-refractivity contribution in [1.82, 2.24) is 14.7 Å². The van der Waals surface area contributed by atoms with Gasteiger partial charge in [-0.3, -0.25) is 19.4 Å². The maximum atomic E-state index is 12.8. The summed E-state index contributed by atoms with van der Waals surface area (Å²) >= 11 is 6.11. The van der Waals surface area contributed by atoms with Gasteiger partial charge in [0.15, 0.2) is 0 Å². The van der Waals surface area contributed by atoms with Crippen molar-refractivity contribution in [3.8, 4) is 0 Å². The number of amides is 2. The van der Waals surface area contributed by atoms with Crippen LogP contribution >= 0.6 is 11.6 Å². The van der Waals surface area contributed by atoms with Crippen LogP contribution in [0.1, 0.15) is 11.6 Å². The molecule has 1 heterocycles. The zero-order valence-electron chi connectivity index (χ0n) is 16.8. The number of hydrogen-bond acceptors (Lipinski definition) is 4. The number of para-hydroxylation sites is 1. The van der Waals surface area contributed by atoms with E-state index in [2.05, 4.69) is 15.1 Å². The number of carbonyl (C=O) groups excluding carboxylic acids is 2. The molecule has 3 rings (SSSR count). The van der Waals surface area contributed by atoms with Crippen molar-refractivity contribution in [3.05, 3.63) is 65.2 Å². The zero-order chi connectivity index (χ0) is 20.8. The number of likely N-dealkylation sites (N-methyl/N-ethyl adjacent to an activating group) is 1. The maximum absolute atomic E-state index is 12.8. The first-order chi connectivity index (χ1) is 14.0. The number of piperazine rings is 1. The van der Waals surface area contributed by atoms with Crippen LogP contribution in [0.15, 0.2) is 54.6 Å². The van der Waals surface area contributed by atoms with Gasteiger partial charge in [-0.05, 0) is 17.7 Å². The Morgan fingerprint density at radius 1 is 1.00 bits per heavy atom. The van der Waals surface area contributed by atoms with Gasteiger partial charge >= 0.3 is 0 Å². The zero-order valence-corrected chi connectivity index (χ0v) is 17.6. The SMILES string of the molecule is CN(C)C(=O)[C@H](c1ccccc1)N1CCN(CC(=O)Nc2ccccc2Cl)CC1. The molecule has 0 spiro atoms. The standard InChI is InChI=1S/C22H27ClN4O2/c1-25(2)22(29)21(17-8-4-3-5-9-17)27-14-12-26(13-15-27)16-20(28)24-19-11-7-6-10-18(19)23/h3-11,21H,12-16H2,1-2H3,(H,24,28)/t21-/m0/s1. The third-order valence-electron chi connectivity index (χ3n) is 5.08. The van der Waals surface area contributed by atoms with E-state index in [-0.39, 0.29) is 17.9 Å². The summed E-state index contributed by atoms with van der Waals surface area (Å²) in [5, 5.41) is 3.39. The fraction of sp³-hybridized carbons (Fsp3) is 0.364. The molecule has 29 heavy (non-hydrogen) atoms. The van der Waals surface area contributed by atoms with Crippen molar-refractivity contribution in [2.75, 3.05) is 52.1 Å². The van der Waals surface area contributed by atoms with E-state index in [0.717, 1.165) is 31.7 Å². The Kier molecular flexibility index (Phi) is 7.25. The highest BCUT2D eigenvalue weighted by molar-refractivity contribution is 6.33. The molecule has 1 aliphatic heterocycles. The molecule has 0 saturated carbocycles. The second kappa shape index (κ2) is 9.87. The fourth-order valence-electron chi connectivity index (χ4n) is 3.52. The first-order valence-electron chi connectivity index (χ1n) is 9.72. The summed E-state index contributed by atoms with van der Waals surface area (Å²) in [5.74, 6) is -0.0170. The first-order valence-corrected chi connectivity index (χ1v) is 10.1. The third kappa shape index (κ3) is 5.56. The van der Waals surface area contributed by atoms with Crippen LogP contribution in [0.5, 0.6) is 0 Å². The summed E-state index contributed by atoms with van der Waals surface area (Å²) in [6.07, 6.45) is 0. The van der Waals surface area contributed by atoms with Crippen LogP contribution in [0.2, 0.25) is 5.02 Å². The van der Waals surface area contributed by atoms with E-state index in [1.807, 2.05) is 42.5 Å². The molecule has 1 aliphatic rings. The van der Waals surface area contributed by atoms with Gasteiger partial charge in [-0.25, -0.2) is 0 Å². The van der Waals surface area contributed by atoms with Crippen LogP contribution in [-0.2, 0) is 9.59 Å². The van der Waals surface area contributed by atoms with Crippen molar-refractivity contribution in [2.45, 2.75) is 6.04 Å². The number of halogens is 1. The summed E-state index contributed by atoms with van der Waals surface area (Å²) in [7, 11) is 3.57. The second-order valence-corrected chi connectivity index (χ2v) is 7.79. The van der Waals surface area contributed by atoms with Crippen LogP contribution in [0.4, 0.5) is 5.69 Å². The van der Waals surface area contributed by atoms with Gasteiger partial charge in [-0.1, -0.05) is 54.1 Å². The summed E-state index contributed by atoms with van der Waals surface area (Å²) in [5.41, 5.74) is 1.62. The van der Waals surface area contributed by atoms with Gasteiger partial charge in [-0.15, -0.1) is 0 Å². The number of anilines is 1. The monoisotopic (exact) mass is 414 g/mol. The van der Waals surface area contributed by atoms with Crippen molar-refractivity contribution >= 4 is 29.1 Å². The van der Waals surface area contributed by atoms with Gasteiger partial charge in [0.1, 0.15) is 6.04 Å². The summed E-state index contributed by atoms with van der Waals surface area (Å²) in [4.78, 5) is 31.1. The van der Waals surface area contributed by atoms with Crippen molar-refractivity contribution in [1.29, 1.82) is 0 Å². The number of benzene rings is 2. The molecule has 0 unspecified atom stereocenters. The number of carbonyl (C=O) groups is 2. The van der Waals surface area contributed by atoms with E-state index < -0.39 is 0 Å². The lowest BCUT2D eigenvalue weighted by Crippen LogP contribution is -2.52. The van der Waals surface area contributed by atoms with Gasteiger partial charge in [0.25, 0.3) is 0 Å². The third-order valence-corrected chi connectivity index (χ3v) is 5.41. The highest BCUT2D eigenvalue weighted by Gasteiger charge is 2.31. The molecule has 1 N–H and O–H groups in total. The minimum atomic E-state index is -0.301. The van der Waals surface area contributed by atoms with Crippen LogP contribution in [0.25, 0.3) is 0 Å². The highest BCUT2D eigenvalue weighted by atomic mass is 35.5. The molecule has 2 aromatic rings. The lowest BCUT2D eigenvalue weighted by molar-refractivity contribution is -0.135. The van der Waals surface area contributed by atoms with Gasteiger partial charge in [-0.2, -0.15) is 0 Å². The molecular weight excluding hydrogens is 388 g/mol. The lowest BCUT2D eigenvalue weighted by Gasteiger charge is -2.39. The predicted molar refractivity (Wildman–Crippen MR) is 116 cm³/mol. The molecular formula is C22H27ClN4O2. The molecule has 0 radical (unpaired) electrons. The minimum Gasteiger partial charge on any atom is -0.347 e. The van der Waals surface area contributed by atoms with E-state index in [4.69, 9.17) is 11.6 Å². The molecule has 1 fully saturated rings. The molecule has 7 heteroatoms. The maximum Gasteiger partial charge on any atom is 0.244 e. The Balaban J connectivity index is 1.59. The quantitative estimate of drug-likeness (QED) is 0.789. The second-order valence-electron chi connectivity index (χ2n) is 7.39. The van der Waals surface area contributed by atoms with Crippen LogP contribution < -0.4 is 5.32 Å². The number of hydrogen-bond donors (Lipinski definition) is 1. The Morgan fingerprint density at radius 3 is 2.24 bits per heavy atom. The molecule has 1 saturated heterocycles. The summed E-state index contributed by atoms with van der Waals surface area (Å²) in [6.45, 7) is 3.19. The molecule has 2 amide bonds. The molecule has 1 atom stereocenters. The smallest absolute Gasteiger partial charge is 0.244 e. The molecule has 0 aromatic heterocycles. The van der Waals surface area contributed by atoms with E-state index in [1.165, 1.54) is 0 Å². The summed E-state index contributed by atoms with van der Waals surface area (Å²) < 4.78 is 0. The Hall–Kier alpha value is -2.41. The molecule has 0 aliphatic carbocycles. The molecule has 154 valence electrons. The van der Waals surface area contributed by atoms with Crippen LogP contribution in [0.3, 0.4) is 0 Å². The van der Waals surface area contributed by atoms with Gasteiger partial charge < -0.3 is 10.2 Å². The van der Waals surface area contributed by atoms with Gasteiger partial charge in [0.2, 0.25) is 11.8 Å². The number of rotatable bonds is 6. The van der Waals surface area contributed by atoms with Crippen LogP contribution in [0, 0.1) is 0 Å². The van der Waals surface area contributed by atoms with Crippen molar-refractivity contribution in [3.63, 3.8) is 0 Å². The predicted octanol–water partition coefficient (Wildman–Crippen LogP) is 2.73. The van der Waals surface area contributed by atoms with Crippen molar-refractivity contribution in [2.24, 2.45) is 0 Å². The van der Waals surface area contributed by atoms with Crippen LogP contribution in [-0.4, -0.2) is 73.3 Å². The van der Waals surface area contributed by atoms with Gasteiger partial charge in [0, 0.05) is 40.3 Å². The largest absolute Gasteiger partial charge is 0.347 e. The number of nitrogens with one attached hydrogen (secondary N) is 1. The average molecular weight is 415 g/mol. The Labute approximate surface area is 177 Å². The topological polar surface area (TPSA) is 55.9 Å². The summed E-state index contributed by atoms with van der Waals surface area (Å²) in [6, 6.07) is 16.8. The Bertz CT molecular complexity index is 836. The first kappa shape index (κ1) is 21.3. The Morgan fingerprint density at radius 2 is 1.62 bits per heavy atom. The number of nitrogens with zero attached hydrogens (tertiary/aromatic N) is 3. The van der Waals surface area contributed by atoms with E-state index >= 15 is 0 Å². The molecule has 0 bridgehead atoms. The van der Waals surface area contributed by atoms with Crippen molar-refractivity contribution < 1.29 is 9.59 Å². The normalized spacial score (nSPS) is 16.2. The van der Waals surface area contributed by atoms with E-state index in [9.17, 15) is 9.59 Å². The lowest BCUT2D eigenvalue weighted by atomic mass is 10.0. The van der Waals surface area contributed by atoms with E-state index in [0.29, 0.717) is 17.3 Å². The van der Waals surface area contributed by atoms with E-state index in [1.54, 1.807) is 31.1 Å². The molecule has 2 aromatic carbocycles. The van der Waals surface area contributed by atoms with Gasteiger partial charge in [0.05, 0.1) is 17.3 Å².